The van der Waals surface area contributed by atoms with Crippen LogP contribution in [0, 0.1) is 11.6 Å². The van der Waals surface area contributed by atoms with Crippen LogP contribution in [0.15, 0.2) is 18.2 Å². The van der Waals surface area contributed by atoms with Gasteiger partial charge in [0.15, 0.2) is 0 Å². The maximum absolute atomic E-state index is 12.9. The molecule has 1 aliphatic heterocycles. The lowest BCUT2D eigenvalue weighted by Gasteiger charge is -2.15. The van der Waals surface area contributed by atoms with Gasteiger partial charge in [0, 0.05) is 24.7 Å². The fourth-order valence-corrected chi connectivity index (χ4v) is 1.88. The minimum Gasteiger partial charge on any atom is -0.311 e. The van der Waals surface area contributed by atoms with Crippen molar-refractivity contribution in [3.05, 3.63) is 29.8 Å². The van der Waals surface area contributed by atoms with Gasteiger partial charge in [0.2, 0.25) is 5.91 Å². The van der Waals surface area contributed by atoms with Gasteiger partial charge in [0.05, 0.1) is 5.38 Å². The molecule has 1 heterocycles. The molecule has 0 spiro atoms. The molecule has 2 rings (SSSR count). The molecule has 80 valence electrons. The summed E-state index contributed by atoms with van der Waals surface area (Å²) in [4.78, 5) is 12.7. The summed E-state index contributed by atoms with van der Waals surface area (Å²) in [5.41, 5.74) is 0.223. The fraction of sp³-hybridized carbons (Fsp3) is 0.300. The molecule has 1 aliphatic rings. The Kier molecular flexibility index (Phi) is 2.61. The van der Waals surface area contributed by atoms with Gasteiger partial charge in [0.25, 0.3) is 0 Å². The third-order valence-corrected chi connectivity index (χ3v) is 2.53. The largest absolute Gasteiger partial charge is 0.311 e. The van der Waals surface area contributed by atoms with Crippen LogP contribution < -0.4 is 4.90 Å². The van der Waals surface area contributed by atoms with Crippen molar-refractivity contribution in [1.82, 2.24) is 0 Å². The Labute approximate surface area is 90.4 Å². The smallest absolute Gasteiger partial charge is 0.228 e. The number of carbonyl (C=O) groups excluding carboxylic acids is 1. The Morgan fingerprint density at radius 1 is 1.27 bits per heavy atom. The van der Waals surface area contributed by atoms with Gasteiger partial charge < -0.3 is 4.90 Å². The molecular formula is C10H8ClF2NO. The van der Waals surface area contributed by atoms with Crippen LogP contribution in [-0.2, 0) is 4.79 Å². The minimum absolute atomic E-state index is 0.208. The molecule has 2 nitrogen and oxygen atoms in total. The van der Waals surface area contributed by atoms with Crippen molar-refractivity contribution in [3.8, 4) is 0 Å². The normalized spacial score (nSPS) is 21.1. The first kappa shape index (κ1) is 10.4. The Balaban J connectivity index is 2.33. The summed E-state index contributed by atoms with van der Waals surface area (Å²) >= 11 is 5.78. The van der Waals surface area contributed by atoms with Gasteiger partial charge in [-0.05, 0) is 12.1 Å². The Morgan fingerprint density at radius 3 is 2.33 bits per heavy atom. The van der Waals surface area contributed by atoms with Crippen molar-refractivity contribution in [2.45, 2.75) is 11.8 Å². The standard InChI is InChI=1S/C10H8ClF2NO/c11-6-1-10(15)14(5-6)9-3-7(12)2-8(13)4-9/h2-4,6H,1,5H2. The lowest BCUT2D eigenvalue weighted by Crippen LogP contribution is -2.24. The molecule has 0 N–H and O–H groups in total. The average molecular weight is 232 g/mol. The molecule has 0 bridgehead atoms. The molecule has 1 aromatic carbocycles. The first-order valence-electron chi connectivity index (χ1n) is 4.47. The summed E-state index contributed by atoms with van der Waals surface area (Å²) in [5, 5.41) is -0.288. The summed E-state index contributed by atoms with van der Waals surface area (Å²) in [7, 11) is 0. The number of hydrogen-bond donors (Lipinski definition) is 0. The van der Waals surface area contributed by atoms with Crippen molar-refractivity contribution in [1.29, 1.82) is 0 Å². The van der Waals surface area contributed by atoms with Crippen LogP contribution in [0.2, 0.25) is 0 Å². The number of hydrogen-bond acceptors (Lipinski definition) is 1. The zero-order valence-corrected chi connectivity index (χ0v) is 8.47. The number of anilines is 1. The van der Waals surface area contributed by atoms with Gasteiger partial charge in [-0.25, -0.2) is 8.78 Å². The third kappa shape index (κ3) is 2.09. The highest BCUT2D eigenvalue weighted by atomic mass is 35.5. The molecule has 1 aromatic rings. The van der Waals surface area contributed by atoms with E-state index >= 15 is 0 Å². The summed E-state index contributed by atoms with van der Waals surface area (Å²) in [6.45, 7) is 0.295. The van der Waals surface area contributed by atoms with Crippen LogP contribution in [0.4, 0.5) is 14.5 Å². The number of amides is 1. The molecule has 1 fully saturated rings. The highest BCUT2D eigenvalue weighted by Crippen LogP contribution is 2.25. The summed E-state index contributed by atoms with van der Waals surface area (Å²) < 4.78 is 25.8. The van der Waals surface area contributed by atoms with E-state index in [1.165, 1.54) is 4.90 Å². The van der Waals surface area contributed by atoms with Crippen molar-refractivity contribution in [2.75, 3.05) is 11.4 Å². The summed E-state index contributed by atoms with van der Waals surface area (Å²) in [5.74, 6) is -1.60. The van der Waals surface area contributed by atoms with Gasteiger partial charge in [-0.2, -0.15) is 0 Å². The number of alkyl halides is 1. The number of carbonyl (C=O) groups is 1. The van der Waals surface area contributed by atoms with Gasteiger partial charge in [-0.3, -0.25) is 4.79 Å². The molecule has 0 aromatic heterocycles. The van der Waals surface area contributed by atoms with E-state index in [9.17, 15) is 13.6 Å². The summed E-state index contributed by atoms with van der Waals surface area (Å²) in [6.07, 6.45) is 0.208. The lowest BCUT2D eigenvalue weighted by molar-refractivity contribution is -0.117. The zero-order chi connectivity index (χ0) is 11.0. The van der Waals surface area contributed by atoms with Crippen LogP contribution >= 0.6 is 11.6 Å². The van der Waals surface area contributed by atoms with Gasteiger partial charge >= 0.3 is 0 Å². The number of rotatable bonds is 1. The molecule has 1 atom stereocenters. The molecule has 1 amide bonds. The van der Waals surface area contributed by atoms with E-state index in [2.05, 4.69) is 0 Å². The molecule has 5 heteroatoms. The maximum Gasteiger partial charge on any atom is 0.228 e. The second-order valence-electron chi connectivity index (χ2n) is 3.43. The highest BCUT2D eigenvalue weighted by Gasteiger charge is 2.29. The van der Waals surface area contributed by atoms with E-state index in [0.29, 0.717) is 6.54 Å². The topological polar surface area (TPSA) is 20.3 Å². The Hall–Kier alpha value is -1.16. The molecule has 0 aliphatic carbocycles. The average Bonchev–Trinajstić information content (AvgIpc) is 2.43. The van der Waals surface area contributed by atoms with Gasteiger partial charge in [-0.15, -0.1) is 11.6 Å². The van der Waals surface area contributed by atoms with E-state index in [1.807, 2.05) is 0 Å². The first-order valence-corrected chi connectivity index (χ1v) is 4.90. The van der Waals surface area contributed by atoms with Crippen LogP contribution in [0.3, 0.4) is 0 Å². The van der Waals surface area contributed by atoms with Crippen LogP contribution in [0.5, 0.6) is 0 Å². The first-order chi connectivity index (χ1) is 7.06. The predicted octanol–water partition coefficient (Wildman–Crippen LogP) is 2.31. The van der Waals surface area contributed by atoms with Gasteiger partial charge in [0.1, 0.15) is 11.6 Å². The quantitative estimate of drug-likeness (QED) is 0.680. The van der Waals surface area contributed by atoms with E-state index in [0.717, 1.165) is 18.2 Å². The van der Waals surface area contributed by atoms with Gasteiger partial charge in [-0.1, -0.05) is 0 Å². The molecule has 0 radical (unpaired) electrons. The van der Waals surface area contributed by atoms with E-state index in [1.54, 1.807) is 0 Å². The summed E-state index contributed by atoms with van der Waals surface area (Å²) in [6, 6.07) is 3.01. The Morgan fingerprint density at radius 2 is 1.87 bits per heavy atom. The molecule has 1 saturated heterocycles. The molecule has 15 heavy (non-hydrogen) atoms. The van der Waals surface area contributed by atoms with Crippen LogP contribution in [0.25, 0.3) is 0 Å². The highest BCUT2D eigenvalue weighted by molar-refractivity contribution is 6.24. The number of nitrogens with zero attached hydrogens (tertiary/aromatic N) is 1. The maximum atomic E-state index is 12.9. The zero-order valence-electron chi connectivity index (χ0n) is 7.71. The van der Waals surface area contributed by atoms with Crippen molar-refractivity contribution >= 4 is 23.2 Å². The number of halogens is 3. The fourth-order valence-electron chi connectivity index (χ4n) is 1.61. The third-order valence-electron chi connectivity index (χ3n) is 2.24. The second kappa shape index (κ2) is 3.77. The van der Waals surface area contributed by atoms with E-state index < -0.39 is 11.6 Å². The van der Waals surface area contributed by atoms with Crippen LogP contribution in [-0.4, -0.2) is 17.8 Å². The second-order valence-corrected chi connectivity index (χ2v) is 4.05. The minimum atomic E-state index is -0.698. The molecule has 1 unspecified atom stereocenters. The van der Waals surface area contributed by atoms with Crippen molar-refractivity contribution in [2.24, 2.45) is 0 Å². The SMILES string of the molecule is O=C1CC(Cl)CN1c1cc(F)cc(F)c1. The lowest BCUT2D eigenvalue weighted by atomic mass is 10.3. The monoisotopic (exact) mass is 231 g/mol. The van der Waals surface area contributed by atoms with Crippen LogP contribution in [0.1, 0.15) is 6.42 Å². The van der Waals surface area contributed by atoms with E-state index in [-0.39, 0.29) is 23.4 Å². The molecule has 0 saturated carbocycles. The Bertz CT molecular complexity index is 390. The molecular weight excluding hydrogens is 224 g/mol. The van der Waals surface area contributed by atoms with Crippen molar-refractivity contribution in [3.63, 3.8) is 0 Å². The number of benzene rings is 1. The van der Waals surface area contributed by atoms with E-state index in [4.69, 9.17) is 11.6 Å². The van der Waals surface area contributed by atoms with Crippen molar-refractivity contribution < 1.29 is 13.6 Å². The predicted molar refractivity (Wildman–Crippen MR) is 53.0 cm³/mol.